The Balaban J connectivity index is 1.82. The molecule has 4 rings (SSSR count). The molecule has 0 radical (unpaired) electrons. The molecule has 6 nitrogen and oxygen atoms in total. The summed E-state index contributed by atoms with van der Waals surface area (Å²) in [4.78, 5) is 31.9. The van der Waals surface area contributed by atoms with Gasteiger partial charge in [-0.3, -0.25) is 14.6 Å². The van der Waals surface area contributed by atoms with E-state index in [2.05, 4.69) is 4.98 Å². The second kappa shape index (κ2) is 9.28. The van der Waals surface area contributed by atoms with Crippen molar-refractivity contribution in [3.05, 3.63) is 101 Å². The van der Waals surface area contributed by atoms with Crippen LogP contribution < -0.4 is 4.74 Å². The average molecular weight is 443 g/mol. The Morgan fingerprint density at radius 2 is 1.79 bits per heavy atom. The highest BCUT2D eigenvalue weighted by atomic mass is 16.5. The molecule has 1 unspecified atom stereocenters. The zero-order chi connectivity index (χ0) is 23.5. The minimum absolute atomic E-state index is 0.0169. The molecule has 33 heavy (non-hydrogen) atoms. The van der Waals surface area contributed by atoms with Gasteiger partial charge in [-0.2, -0.15) is 0 Å². The molecular weight excluding hydrogens is 416 g/mol. The summed E-state index contributed by atoms with van der Waals surface area (Å²) in [6.45, 7) is 5.99. The third-order valence-electron chi connectivity index (χ3n) is 5.60. The summed E-state index contributed by atoms with van der Waals surface area (Å²) in [6, 6.07) is 17.4. The predicted molar refractivity (Wildman–Crippen MR) is 125 cm³/mol. The van der Waals surface area contributed by atoms with E-state index < -0.39 is 17.7 Å². The van der Waals surface area contributed by atoms with Crippen molar-refractivity contribution in [2.45, 2.75) is 39.5 Å². The number of pyridine rings is 1. The van der Waals surface area contributed by atoms with Crippen molar-refractivity contribution in [2.24, 2.45) is 0 Å². The van der Waals surface area contributed by atoms with Gasteiger partial charge >= 0.3 is 0 Å². The number of hydrogen-bond donors (Lipinski definition) is 1. The van der Waals surface area contributed by atoms with Crippen LogP contribution in [0.4, 0.5) is 0 Å². The molecule has 1 N–H and O–H groups in total. The lowest BCUT2D eigenvalue weighted by molar-refractivity contribution is -0.140. The van der Waals surface area contributed by atoms with Gasteiger partial charge in [-0.1, -0.05) is 30.3 Å². The van der Waals surface area contributed by atoms with Gasteiger partial charge in [0.05, 0.1) is 17.7 Å². The first-order chi connectivity index (χ1) is 15.9. The Kier molecular flexibility index (Phi) is 6.27. The normalized spacial score (nSPS) is 17.6. The van der Waals surface area contributed by atoms with Crippen LogP contribution in [0.25, 0.3) is 5.76 Å². The Labute approximate surface area is 193 Å². The van der Waals surface area contributed by atoms with E-state index in [1.807, 2.05) is 51.1 Å². The summed E-state index contributed by atoms with van der Waals surface area (Å²) in [7, 11) is 0. The van der Waals surface area contributed by atoms with Crippen molar-refractivity contribution in [2.75, 3.05) is 0 Å². The maximum absolute atomic E-state index is 13.2. The molecule has 0 aliphatic carbocycles. The molecule has 0 saturated carbocycles. The molecular formula is C27H26N2O4. The molecule has 1 saturated heterocycles. The van der Waals surface area contributed by atoms with E-state index in [-0.39, 0.29) is 24.0 Å². The van der Waals surface area contributed by atoms with Gasteiger partial charge in [0.2, 0.25) is 0 Å². The Morgan fingerprint density at radius 1 is 1.06 bits per heavy atom. The topological polar surface area (TPSA) is 79.7 Å². The van der Waals surface area contributed by atoms with Gasteiger partial charge in [-0.15, -0.1) is 0 Å². The highest BCUT2D eigenvalue weighted by Crippen LogP contribution is 2.41. The van der Waals surface area contributed by atoms with Crippen LogP contribution in [0.15, 0.2) is 78.6 Å². The number of ketones is 1. The first kappa shape index (κ1) is 22.3. The first-order valence-corrected chi connectivity index (χ1v) is 10.9. The number of aryl methyl sites for hydroxylation is 1. The number of carbonyl (C=O) groups excluding carboxylic acids is 2. The van der Waals surface area contributed by atoms with Gasteiger partial charge in [0.1, 0.15) is 11.5 Å². The van der Waals surface area contributed by atoms with Crippen molar-refractivity contribution in [3.8, 4) is 5.75 Å². The Bertz CT molecular complexity index is 1200. The van der Waals surface area contributed by atoms with E-state index in [0.29, 0.717) is 11.3 Å². The number of amides is 1. The number of aliphatic hydroxyl groups excluding tert-OH is 1. The van der Waals surface area contributed by atoms with Crippen LogP contribution in [0.3, 0.4) is 0 Å². The zero-order valence-electron chi connectivity index (χ0n) is 18.9. The molecule has 1 aliphatic heterocycles. The summed E-state index contributed by atoms with van der Waals surface area (Å²) in [6.07, 6.45) is 3.34. The number of benzene rings is 2. The second-order valence-corrected chi connectivity index (χ2v) is 8.34. The molecule has 0 spiro atoms. The number of aromatic nitrogens is 1. The minimum Gasteiger partial charge on any atom is -0.507 e. The molecule has 2 heterocycles. The average Bonchev–Trinajstić information content (AvgIpc) is 3.04. The lowest BCUT2D eigenvalue weighted by Crippen LogP contribution is -2.29. The summed E-state index contributed by atoms with van der Waals surface area (Å²) < 4.78 is 5.67. The van der Waals surface area contributed by atoms with Gasteiger partial charge in [0, 0.05) is 24.5 Å². The van der Waals surface area contributed by atoms with E-state index in [0.717, 1.165) is 16.7 Å². The fourth-order valence-corrected chi connectivity index (χ4v) is 4.07. The molecule has 1 amide bonds. The number of ether oxygens (including phenoxy) is 1. The number of nitrogens with zero attached hydrogens (tertiary/aromatic N) is 2. The van der Waals surface area contributed by atoms with Crippen LogP contribution in [0, 0.1) is 6.92 Å². The number of carbonyl (C=O) groups is 2. The quantitative estimate of drug-likeness (QED) is 0.337. The lowest BCUT2D eigenvalue weighted by Gasteiger charge is -2.26. The van der Waals surface area contributed by atoms with E-state index in [4.69, 9.17) is 4.74 Å². The van der Waals surface area contributed by atoms with Crippen LogP contribution >= 0.6 is 0 Å². The number of Topliss-reactive ketones (excluding diaryl/α,β-unsaturated/α-hetero) is 1. The van der Waals surface area contributed by atoms with E-state index >= 15 is 0 Å². The van der Waals surface area contributed by atoms with Crippen molar-refractivity contribution >= 4 is 17.4 Å². The number of rotatable bonds is 6. The highest BCUT2D eigenvalue weighted by molar-refractivity contribution is 6.46. The maximum Gasteiger partial charge on any atom is 0.295 e. The second-order valence-electron chi connectivity index (χ2n) is 8.34. The van der Waals surface area contributed by atoms with E-state index in [1.54, 1.807) is 42.7 Å². The lowest BCUT2D eigenvalue weighted by atomic mass is 9.92. The fourth-order valence-electron chi connectivity index (χ4n) is 4.07. The van der Waals surface area contributed by atoms with Crippen LogP contribution in [0.2, 0.25) is 0 Å². The van der Waals surface area contributed by atoms with E-state index in [9.17, 15) is 14.7 Å². The van der Waals surface area contributed by atoms with Crippen molar-refractivity contribution in [1.82, 2.24) is 9.88 Å². The largest absolute Gasteiger partial charge is 0.507 e. The number of hydrogen-bond acceptors (Lipinski definition) is 5. The van der Waals surface area contributed by atoms with Gasteiger partial charge in [-0.25, -0.2) is 0 Å². The molecule has 0 bridgehead atoms. The molecule has 3 aromatic rings. The van der Waals surface area contributed by atoms with Crippen LogP contribution in [-0.4, -0.2) is 32.8 Å². The molecule has 1 aliphatic rings. The van der Waals surface area contributed by atoms with Crippen LogP contribution in [0.1, 0.15) is 42.1 Å². The Morgan fingerprint density at radius 3 is 2.42 bits per heavy atom. The maximum atomic E-state index is 13.2. The molecule has 2 aromatic carbocycles. The summed E-state index contributed by atoms with van der Waals surface area (Å²) in [5.41, 5.74) is 3.04. The van der Waals surface area contributed by atoms with Crippen LogP contribution in [0.5, 0.6) is 5.75 Å². The summed E-state index contributed by atoms with van der Waals surface area (Å²) >= 11 is 0. The highest BCUT2D eigenvalue weighted by Gasteiger charge is 2.46. The molecule has 168 valence electrons. The van der Waals surface area contributed by atoms with Crippen molar-refractivity contribution in [3.63, 3.8) is 0 Å². The van der Waals surface area contributed by atoms with Crippen molar-refractivity contribution in [1.29, 1.82) is 0 Å². The summed E-state index contributed by atoms with van der Waals surface area (Å²) in [5, 5.41) is 11.2. The molecule has 1 atom stereocenters. The van der Waals surface area contributed by atoms with Gasteiger partial charge in [-0.05, 0) is 67.8 Å². The Hall–Kier alpha value is -3.93. The third-order valence-corrected chi connectivity index (χ3v) is 5.60. The van der Waals surface area contributed by atoms with Gasteiger partial charge < -0.3 is 14.7 Å². The van der Waals surface area contributed by atoms with Crippen LogP contribution in [-0.2, 0) is 16.1 Å². The molecule has 1 fully saturated rings. The standard InChI is InChI=1S/C27H26N2O4/c1-17(2)33-21-12-10-20(11-13-21)25(30)23-24(22-9-5-4-7-18(22)3)29(27(32)26(23)31)16-19-8-6-14-28-15-19/h4-15,17,24,30H,16H2,1-3H3/b25-23-. The zero-order valence-corrected chi connectivity index (χ0v) is 18.9. The van der Waals surface area contributed by atoms with E-state index in [1.165, 1.54) is 4.90 Å². The molecule has 1 aromatic heterocycles. The third kappa shape index (κ3) is 4.51. The van der Waals surface area contributed by atoms with Gasteiger partial charge in [0.25, 0.3) is 11.7 Å². The SMILES string of the molecule is Cc1ccccc1C1/C(=C(/O)c2ccc(OC(C)C)cc2)C(=O)C(=O)N1Cc1cccnc1. The van der Waals surface area contributed by atoms with Crippen molar-refractivity contribution < 1.29 is 19.4 Å². The predicted octanol–water partition coefficient (Wildman–Crippen LogP) is 4.80. The minimum atomic E-state index is -0.710. The van der Waals surface area contributed by atoms with Gasteiger partial charge in [0.15, 0.2) is 0 Å². The first-order valence-electron chi connectivity index (χ1n) is 10.9. The fraction of sp³-hybridized carbons (Fsp3) is 0.222. The number of likely N-dealkylation sites (tertiary alicyclic amines) is 1. The monoisotopic (exact) mass is 442 g/mol. The smallest absolute Gasteiger partial charge is 0.295 e. The number of aliphatic hydroxyl groups is 1. The summed E-state index contributed by atoms with van der Waals surface area (Å²) in [5.74, 6) is -0.888. The molecule has 6 heteroatoms.